The van der Waals surface area contributed by atoms with Crippen LogP contribution in [0, 0.1) is 0 Å². The Morgan fingerprint density at radius 1 is 1.46 bits per heavy atom. The normalized spacial score (nSPS) is 12.1. The lowest BCUT2D eigenvalue weighted by Crippen LogP contribution is -2.18. The van der Waals surface area contributed by atoms with E-state index in [2.05, 4.69) is 9.47 Å². The highest BCUT2D eigenvalue weighted by atomic mass is 16.6. The number of ether oxygens (including phenoxy) is 2. The van der Waals surface area contributed by atoms with Crippen molar-refractivity contribution in [2.45, 2.75) is 13.0 Å². The predicted octanol–water partition coefficient (Wildman–Crippen LogP) is -0.154. The first-order valence-corrected chi connectivity index (χ1v) is 3.55. The summed E-state index contributed by atoms with van der Waals surface area (Å²) in [5.74, 6) is -0.473. The molecule has 5 nitrogen and oxygen atoms in total. The van der Waals surface area contributed by atoms with Crippen molar-refractivity contribution < 1.29 is 23.9 Å². The van der Waals surface area contributed by atoms with Crippen molar-refractivity contribution in [1.82, 2.24) is 0 Å². The van der Waals surface area contributed by atoms with E-state index < -0.39 is 12.1 Å². The smallest absolute Gasteiger partial charge is 0.302 e. The second-order valence-electron chi connectivity index (χ2n) is 2.09. The van der Waals surface area contributed by atoms with Crippen molar-refractivity contribution in [2.75, 3.05) is 6.61 Å². The van der Waals surface area contributed by atoms with Crippen molar-refractivity contribution in [1.29, 1.82) is 0 Å². The van der Waals surface area contributed by atoms with Crippen LogP contribution in [0.2, 0.25) is 0 Å². The minimum absolute atomic E-state index is 0.0849. The lowest BCUT2D eigenvalue weighted by atomic mass is 10.3. The summed E-state index contributed by atoms with van der Waals surface area (Å²) in [5.41, 5.74) is 0. The molecule has 5 heteroatoms. The van der Waals surface area contributed by atoms with Crippen LogP contribution in [0.1, 0.15) is 6.92 Å². The maximum atomic E-state index is 10.4. The van der Waals surface area contributed by atoms with Crippen LogP contribution in [0.5, 0.6) is 0 Å². The second kappa shape index (κ2) is 7.02. The van der Waals surface area contributed by atoms with Gasteiger partial charge in [0.1, 0.15) is 12.9 Å². The Balaban J connectivity index is 3.92. The van der Waals surface area contributed by atoms with Gasteiger partial charge in [0.15, 0.2) is 6.10 Å². The van der Waals surface area contributed by atoms with Crippen LogP contribution in [-0.2, 0) is 23.9 Å². The fourth-order valence-electron chi connectivity index (χ4n) is 0.580. The second-order valence-corrected chi connectivity index (χ2v) is 2.09. The third-order valence-corrected chi connectivity index (χ3v) is 1.09. The van der Waals surface area contributed by atoms with E-state index in [1.54, 1.807) is 0 Å². The van der Waals surface area contributed by atoms with Crippen LogP contribution >= 0.6 is 0 Å². The number of rotatable bonds is 6. The van der Waals surface area contributed by atoms with Gasteiger partial charge in [-0.15, -0.1) is 0 Å². The first-order chi connectivity index (χ1) is 6.20. The molecule has 1 atom stereocenters. The Kier molecular flexibility index (Phi) is 6.13. The molecule has 0 bridgehead atoms. The van der Waals surface area contributed by atoms with E-state index in [0.717, 1.165) is 6.08 Å². The molecule has 0 saturated heterocycles. The van der Waals surface area contributed by atoms with Gasteiger partial charge in [0, 0.05) is 6.92 Å². The Bertz CT molecular complexity index is 209. The average Bonchev–Trinajstić information content (AvgIpc) is 2.09. The summed E-state index contributed by atoms with van der Waals surface area (Å²) < 4.78 is 9.05. The average molecular weight is 186 g/mol. The molecule has 0 rings (SSSR count). The summed E-state index contributed by atoms with van der Waals surface area (Å²) in [4.78, 5) is 30.2. The highest BCUT2D eigenvalue weighted by Gasteiger charge is 2.06. The maximum Gasteiger partial charge on any atom is 0.302 e. The zero-order valence-corrected chi connectivity index (χ0v) is 7.14. The third kappa shape index (κ3) is 6.74. The Morgan fingerprint density at radius 3 is 2.62 bits per heavy atom. The van der Waals surface area contributed by atoms with Crippen molar-refractivity contribution in [3.63, 3.8) is 0 Å². The number of hydrogen-bond acceptors (Lipinski definition) is 5. The SMILES string of the molecule is CC(=O)OC[C@H](/C=C/C=O)OC=O. The van der Waals surface area contributed by atoms with Gasteiger partial charge in [-0.05, 0) is 12.2 Å². The lowest BCUT2D eigenvalue weighted by Gasteiger charge is -2.09. The first kappa shape index (κ1) is 11.4. The molecule has 0 fully saturated rings. The molecule has 0 heterocycles. The molecule has 0 spiro atoms. The number of carbonyl (C=O) groups excluding carboxylic acids is 3. The fraction of sp³-hybridized carbons (Fsp3) is 0.375. The summed E-state index contributed by atoms with van der Waals surface area (Å²) >= 11 is 0. The summed E-state index contributed by atoms with van der Waals surface area (Å²) in [6.45, 7) is 1.38. The topological polar surface area (TPSA) is 69.7 Å². The molecular formula is C8H10O5. The Morgan fingerprint density at radius 2 is 2.15 bits per heavy atom. The molecule has 0 aliphatic heterocycles. The van der Waals surface area contributed by atoms with E-state index in [0.29, 0.717) is 6.29 Å². The Hall–Kier alpha value is -1.65. The highest BCUT2D eigenvalue weighted by Crippen LogP contribution is 1.94. The summed E-state index contributed by atoms with van der Waals surface area (Å²) in [5, 5.41) is 0. The van der Waals surface area contributed by atoms with Crippen LogP contribution < -0.4 is 0 Å². The standard InChI is InChI=1S/C8H10O5/c1-7(11)12-5-8(13-6-10)3-2-4-9/h2-4,6,8H,5H2,1H3/b3-2+/t8-/m0/s1. The minimum atomic E-state index is -0.702. The van der Waals surface area contributed by atoms with Gasteiger partial charge in [-0.25, -0.2) is 0 Å². The molecule has 0 unspecified atom stereocenters. The molecule has 0 aromatic carbocycles. The van der Waals surface area contributed by atoms with E-state index in [9.17, 15) is 14.4 Å². The van der Waals surface area contributed by atoms with Gasteiger partial charge >= 0.3 is 5.97 Å². The van der Waals surface area contributed by atoms with Gasteiger partial charge in [-0.2, -0.15) is 0 Å². The fourth-order valence-corrected chi connectivity index (χ4v) is 0.580. The van der Waals surface area contributed by atoms with Crippen molar-refractivity contribution >= 4 is 18.7 Å². The number of esters is 1. The number of allylic oxidation sites excluding steroid dienone is 1. The minimum Gasteiger partial charge on any atom is -0.462 e. The lowest BCUT2D eigenvalue weighted by molar-refractivity contribution is -0.147. The van der Waals surface area contributed by atoms with Gasteiger partial charge in [0.05, 0.1) is 0 Å². The predicted molar refractivity (Wildman–Crippen MR) is 42.8 cm³/mol. The van der Waals surface area contributed by atoms with E-state index in [1.807, 2.05) is 0 Å². The summed E-state index contributed by atoms with van der Waals surface area (Å²) in [7, 11) is 0. The molecule has 0 N–H and O–H groups in total. The molecule has 0 aromatic rings. The molecule has 0 aliphatic carbocycles. The third-order valence-electron chi connectivity index (χ3n) is 1.09. The highest BCUT2D eigenvalue weighted by molar-refractivity contribution is 5.66. The van der Waals surface area contributed by atoms with Crippen LogP contribution in [-0.4, -0.2) is 31.4 Å². The molecule has 0 amide bonds. The van der Waals surface area contributed by atoms with Gasteiger partial charge in [0.25, 0.3) is 6.47 Å². The molecule has 72 valence electrons. The van der Waals surface area contributed by atoms with E-state index in [-0.39, 0.29) is 13.1 Å². The first-order valence-electron chi connectivity index (χ1n) is 3.55. The van der Waals surface area contributed by atoms with Crippen LogP contribution in [0.4, 0.5) is 0 Å². The van der Waals surface area contributed by atoms with Crippen LogP contribution in [0.25, 0.3) is 0 Å². The molecule has 0 radical (unpaired) electrons. The number of aldehydes is 1. The van der Waals surface area contributed by atoms with E-state index >= 15 is 0 Å². The van der Waals surface area contributed by atoms with Crippen molar-refractivity contribution in [2.24, 2.45) is 0 Å². The van der Waals surface area contributed by atoms with Gasteiger partial charge < -0.3 is 9.47 Å². The summed E-state index contributed by atoms with van der Waals surface area (Å²) in [6, 6.07) is 0. The van der Waals surface area contributed by atoms with Crippen LogP contribution in [0.15, 0.2) is 12.2 Å². The van der Waals surface area contributed by atoms with Gasteiger partial charge in [0.2, 0.25) is 0 Å². The molecule has 0 saturated carbocycles. The molecule has 13 heavy (non-hydrogen) atoms. The largest absolute Gasteiger partial charge is 0.462 e. The van der Waals surface area contributed by atoms with E-state index in [1.165, 1.54) is 13.0 Å². The zero-order valence-electron chi connectivity index (χ0n) is 7.14. The van der Waals surface area contributed by atoms with Gasteiger partial charge in [-0.1, -0.05) is 0 Å². The number of carbonyl (C=O) groups is 3. The van der Waals surface area contributed by atoms with Crippen molar-refractivity contribution in [3.8, 4) is 0 Å². The van der Waals surface area contributed by atoms with Crippen LogP contribution in [0.3, 0.4) is 0 Å². The molecule has 0 aliphatic rings. The molecule has 0 aromatic heterocycles. The maximum absolute atomic E-state index is 10.4. The Labute approximate surface area is 75.3 Å². The van der Waals surface area contributed by atoms with Crippen molar-refractivity contribution in [3.05, 3.63) is 12.2 Å². The van der Waals surface area contributed by atoms with Gasteiger partial charge in [-0.3, -0.25) is 14.4 Å². The monoisotopic (exact) mass is 186 g/mol. The van der Waals surface area contributed by atoms with E-state index in [4.69, 9.17) is 0 Å². The number of hydrogen-bond donors (Lipinski definition) is 0. The molecular weight excluding hydrogens is 176 g/mol. The summed E-state index contributed by atoms with van der Waals surface area (Å²) in [6.07, 6.45) is 2.32. The zero-order chi connectivity index (χ0) is 10.1. The quantitative estimate of drug-likeness (QED) is 0.327.